The van der Waals surface area contributed by atoms with Gasteiger partial charge in [0.15, 0.2) is 0 Å². The summed E-state index contributed by atoms with van der Waals surface area (Å²) in [6, 6.07) is 10.6. The average molecular weight is 366 g/mol. The largest absolute Gasteiger partial charge is 0.340 e. The second-order valence-corrected chi connectivity index (χ2v) is 6.71. The van der Waals surface area contributed by atoms with Gasteiger partial charge in [-0.05, 0) is 18.2 Å². The third-order valence-corrected chi connectivity index (χ3v) is 5.03. The monoisotopic (exact) mass is 366 g/mol. The lowest BCUT2D eigenvalue weighted by Crippen LogP contribution is -2.49. The molecular weight excluding hydrogens is 344 g/mol. The minimum absolute atomic E-state index is 0.0208. The first-order valence-corrected chi connectivity index (χ1v) is 9.09. The van der Waals surface area contributed by atoms with E-state index in [0.717, 1.165) is 38.2 Å². The molecule has 0 saturated carbocycles. The molecule has 1 aliphatic rings. The van der Waals surface area contributed by atoms with E-state index in [4.69, 9.17) is 4.98 Å². The van der Waals surface area contributed by atoms with Gasteiger partial charge in [-0.2, -0.15) is 5.10 Å². The number of hydrogen-bond donors (Lipinski definition) is 0. The normalized spacial score (nSPS) is 15.4. The van der Waals surface area contributed by atoms with Gasteiger partial charge in [-0.15, -0.1) is 0 Å². The van der Waals surface area contributed by atoms with Crippen LogP contribution in [0.4, 0.5) is 5.95 Å². The van der Waals surface area contributed by atoms with E-state index in [0.29, 0.717) is 17.9 Å². The first-order valence-electron chi connectivity index (χ1n) is 9.09. The summed E-state index contributed by atoms with van der Waals surface area (Å²) in [5.74, 6) is 0.708. The Hall–Kier alpha value is -3.00. The van der Waals surface area contributed by atoms with E-state index >= 15 is 0 Å². The summed E-state index contributed by atoms with van der Waals surface area (Å²) in [6.45, 7) is 4.63. The van der Waals surface area contributed by atoms with Crippen LogP contribution in [0.5, 0.6) is 0 Å². The van der Waals surface area contributed by atoms with Crippen LogP contribution in [-0.4, -0.2) is 57.0 Å². The first-order chi connectivity index (χ1) is 13.1. The molecule has 0 unspecified atom stereocenters. The Morgan fingerprint density at radius 1 is 0.963 bits per heavy atom. The summed E-state index contributed by atoms with van der Waals surface area (Å²) in [7, 11) is 1.77. The molecule has 0 radical (unpaired) electrons. The predicted molar refractivity (Wildman–Crippen MR) is 104 cm³/mol. The summed E-state index contributed by atoms with van der Waals surface area (Å²) in [6.07, 6.45) is 1.63. The molecule has 0 bridgehead atoms. The van der Waals surface area contributed by atoms with Gasteiger partial charge in [0.25, 0.3) is 11.1 Å². The summed E-state index contributed by atoms with van der Waals surface area (Å²) in [5, 5.41) is 4.74. The molecule has 1 saturated heterocycles. The van der Waals surface area contributed by atoms with Gasteiger partial charge < -0.3 is 4.90 Å². The molecule has 3 heterocycles. The van der Waals surface area contributed by atoms with E-state index in [1.54, 1.807) is 23.9 Å². The highest BCUT2D eigenvalue weighted by molar-refractivity contribution is 5.78. The van der Waals surface area contributed by atoms with Crippen LogP contribution < -0.4 is 16.0 Å². The molecule has 27 heavy (non-hydrogen) atoms. The lowest BCUT2D eigenvalue weighted by Gasteiger charge is -2.35. The number of nitrogens with zero attached hydrogens (tertiary/aromatic N) is 6. The van der Waals surface area contributed by atoms with Gasteiger partial charge in [0, 0.05) is 52.0 Å². The topological polar surface area (TPSA) is 76.3 Å². The van der Waals surface area contributed by atoms with Crippen molar-refractivity contribution in [3.05, 3.63) is 63.3 Å². The molecule has 0 atom stereocenters. The fourth-order valence-corrected chi connectivity index (χ4v) is 3.45. The lowest BCUT2D eigenvalue weighted by atomic mass is 10.2. The van der Waals surface area contributed by atoms with Crippen molar-refractivity contribution in [1.82, 2.24) is 24.2 Å². The molecule has 3 aromatic rings. The van der Waals surface area contributed by atoms with E-state index in [1.165, 1.54) is 10.7 Å². The average Bonchev–Trinajstić information content (AvgIpc) is 2.71. The predicted octanol–water partition coefficient (Wildman–Crippen LogP) is 0.312. The maximum atomic E-state index is 12.6. The van der Waals surface area contributed by atoms with Crippen LogP contribution in [0, 0.1) is 0 Å². The van der Waals surface area contributed by atoms with Crippen molar-refractivity contribution in [1.29, 1.82) is 0 Å². The molecule has 0 N–H and O–H groups in total. The number of rotatable bonds is 4. The molecule has 8 heteroatoms. The summed E-state index contributed by atoms with van der Waals surface area (Å²) in [5.41, 5.74) is 0.631. The highest BCUT2D eigenvalue weighted by Crippen LogP contribution is 2.15. The molecule has 140 valence electrons. The van der Waals surface area contributed by atoms with Gasteiger partial charge in [0.2, 0.25) is 5.95 Å². The molecule has 0 amide bonds. The summed E-state index contributed by atoms with van der Waals surface area (Å²) < 4.78 is 3.12. The number of hydrogen-bond acceptors (Lipinski definition) is 6. The van der Waals surface area contributed by atoms with E-state index in [-0.39, 0.29) is 11.1 Å². The zero-order chi connectivity index (χ0) is 18.8. The lowest BCUT2D eigenvalue weighted by molar-refractivity contribution is 0.241. The van der Waals surface area contributed by atoms with Gasteiger partial charge in [-0.1, -0.05) is 12.1 Å². The fraction of sp³-hybridized carbons (Fsp3) is 0.368. The molecule has 0 aliphatic carbocycles. The molecule has 1 aromatic carbocycles. The number of fused-ring (bicyclic) bond motifs is 1. The number of benzene rings is 1. The van der Waals surface area contributed by atoms with Crippen molar-refractivity contribution >= 4 is 16.9 Å². The van der Waals surface area contributed by atoms with Gasteiger partial charge >= 0.3 is 0 Å². The maximum absolute atomic E-state index is 12.6. The van der Waals surface area contributed by atoms with E-state index in [1.807, 2.05) is 24.3 Å². The van der Waals surface area contributed by atoms with Crippen LogP contribution in [0.3, 0.4) is 0 Å². The second-order valence-electron chi connectivity index (χ2n) is 6.71. The van der Waals surface area contributed by atoms with E-state index in [2.05, 4.69) is 14.9 Å². The third-order valence-electron chi connectivity index (χ3n) is 5.03. The minimum atomic E-state index is -0.0773. The molecule has 1 aliphatic heterocycles. The van der Waals surface area contributed by atoms with Crippen molar-refractivity contribution < 1.29 is 0 Å². The minimum Gasteiger partial charge on any atom is -0.340 e. The van der Waals surface area contributed by atoms with Gasteiger partial charge in [-0.3, -0.25) is 19.1 Å². The van der Waals surface area contributed by atoms with Crippen LogP contribution in [0.25, 0.3) is 10.9 Å². The summed E-state index contributed by atoms with van der Waals surface area (Å²) in [4.78, 5) is 33.5. The quantitative estimate of drug-likeness (QED) is 0.662. The fourth-order valence-electron chi connectivity index (χ4n) is 3.45. The number of piperazine rings is 1. The Balaban J connectivity index is 1.44. The molecule has 0 spiro atoms. The number of para-hydroxylation sites is 1. The van der Waals surface area contributed by atoms with Crippen molar-refractivity contribution in [2.24, 2.45) is 7.05 Å². The highest BCUT2D eigenvalue weighted by Gasteiger charge is 2.21. The van der Waals surface area contributed by atoms with Crippen LogP contribution in [0.2, 0.25) is 0 Å². The molecular formula is C19H22N6O2. The number of aromatic nitrogens is 4. The Kier molecular flexibility index (Phi) is 4.72. The van der Waals surface area contributed by atoms with Crippen molar-refractivity contribution in [3.8, 4) is 0 Å². The zero-order valence-electron chi connectivity index (χ0n) is 15.3. The van der Waals surface area contributed by atoms with E-state index < -0.39 is 0 Å². The summed E-state index contributed by atoms with van der Waals surface area (Å²) >= 11 is 0. The van der Waals surface area contributed by atoms with Gasteiger partial charge in [0.05, 0.1) is 17.4 Å². The van der Waals surface area contributed by atoms with Crippen molar-refractivity contribution in [3.63, 3.8) is 0 Å². The molecule has 1 fully saturated rings. The maximum Gasteiger partial charge on any atom is 0.266 e. The van der Waals surface area contributed by atoms with Gasteiger partial charge in [0.1, 0.15) is 0 Å². The van der Waals surface area contributed by atoms with E-state index in [9.17, 15) is 9.59 Å². The van der Waals surface area contributed by atoms with Crippen LogP contribution in [-0.2, 0) is 13.6 Å². The van der Waals surface area contributed by atoms with Crippen LogP contribution in [0.1, 0.15) is 0 Å². The number of anilines is 1. The van der Waals surface area contributed by atoms with Crippen molar-refractivity contribution in [2.45, 2.75) is 6.54 Å². The van der Waals surface area contributed by atoms with Crippen LogP contribution in [0.15, 0.2) is 52.2 Å². The molecule has 4 rings (SSSR count). The standard InChI is InChI=1S/C19H22N6O2/c1-22-18(27)15-5-2-3-6-16(15)21-19(22)24-12-9-23(10-13-24)11-14-25-17(26)7-4-8-20-25/h2-8H,9-14H2,1H3. The SMILES string of the molecule is Cn1c(N2CCN(CCn3ncccc3=O)CC2)nc2ccccc2c1=O. The smallest absolute Gasteiger partial charge is 0.266 e. The zero-order valence-corrected chi connectivity index (χ0v) is 15.3. The van der Waals surface area contributed by atoms with Gasteiger partial charge in [-0.25, -0.2) is 9.67 Å². The Morgan fingerprint density at radius 2 is 1.74 bits per heavy atom. The molecule has 8 nitrogen and oxygen atoms in total. The first kappa shape index (κ1) is 17.4. The Labute approximate surface area is 156 Å². The molecule has 2 aromatic heterocycles. The highest BCUT2D eigenvalue weighted by atomic mass is 16.1. The van der Waals surface area contributed by atoms with Crippen molar-refractivity contribution in [2.75, 3.05) is 37.6 Å². The third kappa shape index (κ3) is 3.48. The Bertz CT molecular complexity index is 1070. The Morgan fingerprint density at radius 3 is 2.52 bits per heavy atom. The second kappa shape index (κ2) is 7.32. The van der Waals surface area contributed by atoms with Crippen LogP contribution >= 0.6 is 0 Å².